The van der Waals surface area contributed by atoms with Gasteiger partial charge in [-0.05, 0) is 46.5 Å². The van der Waals surface area contributed by atoms with Crippen molar-refractivity contribution in [3.05, 3.63) is 70.0 Å². The minimum atomic E-state index is -0.183. The molecular weight excluding hydrogens is 298 g/mol. The zero-order valence-electron chi connectivity index (χ0n) is 11.8. The fourth-order valence-corrected chi connectivity index (χ4v) is 3.11. The first-order valence-corrected chi connectivity index (χ1v) is 7.28. The molecule has 0 amide bonds. The Morgan fingerprint density at radius 3 is 2.36 bits per heavy atom. The summed E-state index contributed by atoms with van der Waals surface area (Å²) in [5.74, 6) is 0. The molecule has 1 heterocycles. The first kappa shape index (κ1) is 13.2. The van der Waals surface area contributed by atoms with E-state index >= 15 is 0 Å². The van der Waals surface area contributed by atoms with E-state index in [0.29, 0.717) is 10.4 Å². The third-order valence-electron chi connectivity index (χ3n) is 3.95. The second kappa shape index (κ2) is 4.75. The molecule has 0 bridgehead atoms. The van der Waals surface area contributed by atoms with Crippen LogP contribution in [-0.2, 0) is 0 Å². The average molecular weight is 310 g/mol. The van der Waals surface area contributed by atoms with Crippen molar-refractivity contribution in [1.29, 1.82) is 0 Å². The summed E-state index contributed by atoms with van der Waals surface area (Å²) in [5.41, 5.74) is 0.554. The van der Waals surface area contributed by atoms with Crippen LogP contribution < -0.4 is 10.4 Å². The van der Waals surface area contributed by atoms with Crippen molar-refractivity contribution >= 4 is 44.0 Å². The van der Waals surface area contributed by atoms with Gasteiger partial charge in [0.15, 0.2) is 0 Å². The van der Waals surface area contributed by atoms with E-state index in [0.717, 1.165) is 27.1 Å². The quantitative estimate of drug-likeness (QED) is 0.393. The molecule has 0 aliphatic heterocycles. The van der Waals surface area contributed by atoms with Crippen molar-refractivity contribution in [3.63, 3.8) is 0 Å². The lowest BCUT2D eigenvalue weighted by Crippen LogP contribution is -2.25. The summed E-state index contributed by atoms with van der Waals surface area (Å²) in [7, 11) is 1.50. The molecule has 4 aromatic rings. The van der Waals surface area contributed by atoms with E-state index < -0.39 is 0 Å². The van der Waals surface area contributed by atoms with Crippen LogP contribution in [0.2, 0.25) is 5.02 Å². The van der Waals surface area contributed by atoms with Crippen molar-refractivity contribution < 1.29 is 4.84 Å². The van der Waals surface area contributed by atoms with Gasteiger partial charge in [-0.3, -0.25) is 4.79 Å². The van der Waals surface area contributed by atoms with E-state index in [9.17, 15) is 4.79 Å². The first-order chi connectivity index (χ1) is 10.7. The molecule has 1 aromatic heterocycles. The van der Waals surface area contributed by atoms with Crippen LogP contribution in [0, 0.1) is 0 Å². The second-order valence-electron chi connectivity index (χ2n) is 5.19. The van der Waals surface area contributed by atoms with Gasteiger partial charge in [0.1, 0.15) is 7.11 Å². The third kappa shape index (κ3) is 1.79. The van der Waals surface area contributed by atoms with Crippen LogP contribution in [0.5, 0.6) is 0 Å². The normalized spacial score (nSPS) is 11.4. The standard InChI is InChI=1S/C18H12ClNO2/c1-22-20-17-9-12-5-3-2-4-11(12)8-16(17)15-10-13(19)6-7-14(15)18(20)21/h2-10H,1H3. The van der Waals surface area contributed by atoms with Gasteiger partial charge in [0, 0.05) is 10.4 Å². The van der Waals surface area contributed by atoms with E-state index in [1.54, 1.807) is 12.1 Å². The number of aromatic nitrogens is 1. The van der Waals surface area contributed by atoms with Gasteiger partial charge in [-0.1, -0.05) is 35.9 Å². The molecule has 3 nitrogen and oxygen atoms in total. The molecular formula is C18H12ClNO2. The van der Waals surface area contributed by atoms with Crippen LogP contribution in [0.4, 0.5) is 0 Å². The molecule has 0 saturated heterocycles. The summed E-state index contributed by atoms with van der Waals surface area (Å²) in [6.07, 6.45) is 0. The lowest BCUT2D eigenvalue weighted by atomic mass is 10.0. The second-order valence-corrected chi connectivity index (χ2v) is 5.62. The summed E-state index contributed by atoms with van der Waals surface area (Å²) >= 11 is 6.12. The summed E-state index contributed by atoms with van der Waals surface area (Å²) in [4.78, 5) is 17.9. The van der Waals surface area contributed by atoms with Gasteiger partial charge in [-0.15, -0.1) is 4.73 Å². The SMILES string of the molecule is COn1c(=O)c2ccc(Cl)cc2c2cc3ccccc3cc21. The summed E-state index contributed by atoms with van der Waals surface area (Å²) in [6, 6.07) is 17.4. The number of fused-ring (bicyclic) bond motifs is 4. The molecule has 3 aromatic carbocycles. The number of hydrogen-bond donors (Lipinski definition) is 0. The Bertz CT molecular complexity index is 1100. The number of halogens is 1. The van der Waals surface area contributed by atoms with Crippen molar-refractivity contribution in [3.8, 4) is 0 Å². The lowest BCUT2D eigenvalue weighted by Gasteiger charge is -2.12. The van der Waals surface area contributed by atoms with Gasteiger partial charge in [0.25, 0.3) is 5.56 Å². The highest BCUT2D eigenvalue weighted by Crippen LogP contribution is 2.29. The van der Waals surface area contributed by atoms with Gasteiger partial charge in [0.2, 0.25) is 0 Å². The van der Waals surface area contributed by atoms with E-state index in [1.165, 1.54) is 11.8 Å². The highest BCUT2D eigenvalue weighted by atomic mass is 35.5. The van der Waals surface area contributed by atoms with E-state index in [2.05, 4.69) is 6.07 Å². The largest absolute Gasteiger partial charge is 0.413 e. The predicted molar refractivity (Wildman–Crippen MR) is 90.7 cm³/mol. The smallest absolute Gasteiger partial charge is 0.291 e. The molecule has 0 aliphatic carbocycles. The Hall–Kier alpha value is -2.52. The topological polar surface area (TPSA) is 31.2 Å². The number of benzene rings is 3. The summed E-state index contributed by atoms with van der Waals surface area (Å²) in [6.45, 7) is 0. The van der Waals surface area contributed by atoms with Crippen molar-refractivity contribution in [1.82, 2.24) is 4.73 Å². The van der Waals surface area contributed by atoms with Crippen LogP contribution in [0.3, 0.4) is 0 Å². The van der Waals surface area contributed by atoms with Crippen LogP contribution in [0.25, 0.3) is 32.4 Å². The van der Waals surface area contributed by atoms with E-state index in [-0.39, 0.29) is 5.56 Å². The Morgan fingerprint density at radius 1 is 0.909 bits per heavy atom. The molecule has 0 saturated carbocycles. The van der Waals surface area contributed by atoms with Gasteiger partial charge in [-0.2, -0.15) is 0 Å². The van der Waals surface area contributed by atoms with Gasteiger partial charge in [0.05, 0.1) is 10.9 Å². The third-order valence-corrected chi connectivity index (χ3v) is 4.19. The van der Waals surface area contributed by atoms with Crippen molar-refractivity contribution in [2.45, 2.75) is 0 Å². The number of nitrogens with zero attached hydrogens (tertiary/aromatic N) is 1. The van der Waals surface area contributed by atoms with Crippen molar-refractivity contribution in [2.24, 2.45) is 0 Å². The minimum absolute atomic E-state index is 0.183. The molecule has 0 spiro atoms. The monoisotopic (exact) mass is 309 g/mol. The zero-order chi connectivity index (χ0) is 15.3. The highest BCUT2D eigenvalue weighted by Gasteiger charge is 2.12. The first-order valence-electron chi connectivity index (χ1n) is 6.90. The molecule has 4 rings (SSSR count). The fraction of sp³-hybridized carbons (Fsp3) is 0.0556. The molecule has 4 heteroatoms. The van der Waals surface area contributed by atoms with Crippen molar-refractivity contribution in [2.75, 3.05) is 7.11 Å². The fourth-order valence-electron chi connectivity index (χ4n) is 2.94. The van der Waals surface area contributed by atoms with Crippen LogP contribution >= 0.6 is 11.6 Å². The Kier molecular flexibility index (Phi) is 2.84. The molecule has 0 atom stereocenters. The van der Waals surface area contributed by atoms with Crippen LogP contribution in [0.1, 0.15) is 0 Å². The zero-order valence-corrected chi connectivity index (χ0v) is 12.6. The molecule has 0 aliphatic rings. The average Bonchev–Trinajstić information content (AvgIpc) is 2.54. The van der Waals surface area contributed by atoms with E-state index in [4.69, 9.17) is 16.4 Å². The minimum Gasteiger partial charge on any atom is -0.413 e. The summed E-state index contributed by atoms with van der Waals surface area (Å²) in [5, 5.41) is 5.15. The van der Waals surface area contributed by atoms with Gasteiger partial charge in [-0.25, -0.2) is 0 Å². The molecule has 0 radical (unpaired) electrons. The Balaban J connectivity index is 2.34. The maximum absolute atomic E-state index is 12.6. The molecule has 22 heavy (non-hydrogen) atoms. The Morgan fingerprint density at radius 2 is 1.64 bits per heavy atom. The lowest BCUT2D eigenvalue weighted by molar-refractivity contribution is 0.170. The molecule has 108 valence electrons. The number of rotatable bonds is 1. The number of pyridine rings is 1. The molecule has 0 fully saturated rings. The van der Waals surface area contributed by atoms with Crippen LogP contribution in [0.15, 0.2) is 59.4 Å². The van der Waals surface area contributed by atoms with Crippen LogP contribution in [-0.4, -0.2) is 11.8 Å². The van der Waals surface area contributed by atoms with E-state index in [1.807, 2.05) is 36.4 Å². The number of hydrogen-bond acceptors (Lipinski definition) is 2. The van der Waals surface area contributed by atoms with Gasteiger partial charge < -0.3 is 4.84 Å². The maximum atomic E-state index is 12.6. The molecule has 0 unspecified atom stereocenters. The van der Waals surface area contributed by atoms with Gasteiger partial charge >= 0.3 is 0 Å². The molecule has 0 N–H and O–H groups in total. The maximum Gasteiger partial charge on any atom is 0.291 e. The Labute approximate surface area is 131 Å². The summed E-state index contributed by atoms with van der Waals surface area (Å²) < 4.78 is 1.33. The predicted octanol–water partition coefficient (Wildman–Crippen LogP) is 4.02. The highest BCUT2D eigenvalue weighted by molar-refractivity contribution is 6.31.